The molecule has 0 aromatic rings. The minimum absolute atomic E-state index is 0.180. The number of hydrogen-bond acceptors (Lipinski definition) is 8. The molecule has 9 nitrogen and oxygen atoms in total. The van der Waals surface area contributed by atoms with Crippen molar-refractivity contribution in [3.8, 4) is 0 Å². The molecular formula is C59H113NO8. The van der Waals surface area contributed by atoms with Gasteiger partial charge in [-0.2, -0.15) is 0 Å². The Hall–Kier alpha value is -1.33. The number of hydrogen-bond donors (Lipinski definition) is 6. The standard InChI is InChI=1S/C59H113NO8/c1-3-5-7-9-11-13-15-17-19-21-23-25-26-27-29-30-32-34-36-38-40-42-44-46-48-53(62)52(51-67-59-58(66)57(65)56(64)54(50-61)68-59)60-55(63)49-47-45-43-41-39-37-35-33-31-28-24-22-20-18-16-14-12-10-8-6-4-2/h38,40,46,48,52-54,56-59,61-62,64-66H,3-37,39,41-45,47,49-51H2,1-2H3,(H,60,63)/b40-38+,48-46+. The number of rotatable bonds is 51. The van der Waals surface area contributed by atoms with Gasteiger partial charge in [0.25, 0.3) is 0 Å². The normalized spacial score (nSPS) is 19.7. The molecule has 1 amide bonds. The summed E-state index contributed by atoms with van der Waals surface area (Å²) in [5.74, 6) is -0.180. The van der Waals surface area contributed by atoms with Crippen LogP contribution in [0.3, 0.4) is 0 Å². The van der Waals surface area contributed by atoms with Gasteiger partial charge in [-0.3, -0.25) is 4.79 Å². The van der Waals surface area contributed by atoms with E-state index in [2.05, 4.69) is 31.3 Å². The molecule has 0 saturated carbocycles. The van der Waals surface area contributed by atoms with Crippen molar-refractivity contribution in [2.75, 3.05) is 13.2 Å². The number of ether oxygens (including phenoxy) is 2. The van der Waals surface area contributed by atoms with Crippen LogP contribution in [-0.4, -0.2) is 87.5 Å². The minimum Gasteiger partial charge on any atom is -0.394 e. The molecule has 1 aliphatic heterocycles. The summed E-state index contributed by atoms with van der Waals surface area (Å²) in [6.07, 6.45) is 55.4. The molecule has 7 unspecified atom stereocenters. The van der Waals surface area contributed by atoms with Crippen molar-refractivity contribution in [3.63, 3.8) is 0 Å². The van der Waals surface area contributed by atoms with Crippen molar-refractivity contribution >= 4 is 5.91 Å². The quantitative estimate of drug-likeness (QED) is 0.0261. The van der Waals surface area contributed by atoms with Crippen LogP contribution in [0.1, 0.15) is 290 Å². The third-order valence-electron chi connectivity index (χ3n) is 14.3. The van der Waals surface area contributed by atoms with Gasteiger partial charge < -0.3 is 40.3 Å². The summed E-state index contributed by atoms with van der Waals surface area (Å²) in [7, 11) is 0. The summed E-state index contributed by atoms with van der Waals surface area (Å²) < 4.78 is 11.3. The first-order valence-electron chi connectivity index (χ1n) is 29.6. The van der Waals surface area contributed by atoms with Gasteiger partial charge in [0.05, 0.1) is 25.4 Å². The SMILES string of the molecule is CCCCCCCCCCCCCCCCCCCC/C=C/CC/C=C/C(O)C(COC1OC(CO)C(O)C(O)C1O)NC(=O)CCCCCCCCCCCCCCCCCCCCCCC. The molecule has 7 atom stereocenters. The average molecular weight is 965 g/mol. The van der Waals surface area contributed by atoms with Gasteiger partial charge >= 0.3 is 0 Å². The lowest BCUT2D eigenvalue weighted by atomic mass is 9.99. The first-order chi connectivity index (χ1) is 33.3. The predicted octanol–water partition coefficient (Wildman–Crippen LogP) is 14.6. The van der Waals surface area contributed by atoms with Gasteiger partial charge in [0.1, 0.15) is 24.4 Å². The Morgan fingerprint density at radius 1 is 0.485 bits per heavy atom. The molecule has 0 bridgehead atoms. The highest BCUT2D eigenvalue weighted by molar-refractivity contribution is 5.76. The Morgan fingerprint density at radius 3 is 1.24 bits per heavy atom. The van der Waals surface area contributed by atoms with Crippen molar-refractivity contribution in [3.05, 3.63) is 24.3 Å². The van der Waals surface area contributed by atoms with Crippen LogP contribution in [0.25, 0.3) is 0 Å². The van der Waals surface area contributed by atoms with Crippen LogP contribution < -0.4 is 5.32 Å². The third kappa shape index (κ3) is 38.4. The van der Waals surface area contributed by atoms with Crippen LogP contribution in [0.15, 0.2) is 24.3 Å². The average Bonchev–Trinajstić information content (AvgIpc) is 3.34. The van der Waals surface area contributed by atoms with Crippen molar-refractivity contribution in [1.82, 2.24) is 5.32 Å². The lowest BCUT2D eigenvalue weighted by Gasteiger charge is -2.40. The summed E-state index contributed by atoms with van der Waals surface area (Å²) in [4.78, 5) is 13.1. The fraction of sp³-hybridized carbons (Fsp3) is 0.915. The first kappa shape index (κ1) is 64.7. The predicted molar refractivity (Wildman–Crippen MR) is 286 cm³/mol. The zero-order chi connectivity index (χ0) is 49.4. The van der Waals surface area contributed by atoms with Crippen LogP contribution in [0.4, 0.5) is 0 Å². The van der Waals surface area contributed by atoms with E-state index in [9.17, 15) is 30.3 Å². The molecule has 0 aromatic heterocycles. The van der Waals surface area contributed by atoms with E-state index in [1.54, 1.807) is 6.08 Å². The van der Waals surface area contributed by atoms with Gasteiger partial charge in [0, 0.05) is 6.42 Å². The number of unbranched alkanes of at least 4 members (excludes halogenated alkanes) is 39. The van der Waals surface area contributed by atoms with Gasteiger partial charge in [-0.1, -0.05) is 276 Å². The zero-order valence-electron chi connectivity index (χ0n) is 44.6. The van der Waals surface area contributed by atoms with Gasteiger partial charge in [0.15, 0.2) is 6.29 Å². The zero-order valence-corrected chi connectivity index (χ0v) is 44.6. The Labute approximate surface area is 419 Å². The first-order valence-corrected chi connectivity index (χ1v) is 29.6. The second kappa shape index (κ2) is 49.3. The summed E-state index contributed by atoms with van der Waals surface area (Å²) in [6, 6.07) is -0.818. The Kier molecular flexibility index (Phi) is 46.9. The number of carbonyl (C=O) groups is 1. The van der Waals surface area contributed by atoms with E-state index >= 15 is 0 Å². The van der Waals surface area contributed by atoms with Gasteiger partial charge in [0.2, 0.25) is 5.91 Å². The molecule has 68 heavy (non-hydrogen) atoms. The minimum atomic E-state index is -1.57. The largest absolute Gasteiger partial charge is 0.394 e. The van der Waals surface area contributed by atoms with Gasteiger partial charge in [-0.15, -0.1) is 0 Å². The lowest BCUT2D eigenvalue weighted by molar-refractivity contribution is -0.302. The van der Waals surface area contributed by atoms with E-state index < -0.39 is 49.5 Å². The van der Waals surface area contributed by atoms with Crippen molar-refractivity contribution in [1.29, 1.82) is 0 Å². The van der Waals surface area contributed by atoms with Gasteiger partial charge in [-0.05, 0) is 32.1 Å². The van der Waals surface area contributed by atoms with Gasteiger partial charge in [-0.25, -0.2) is 0 Å². The maximum absolute atomic E-state index is 13.1. The highest BCUT2D eigenvalue weighted by Gasteiger charge is 2.44. The summed E-state index contributed by atoms with van der Waals surface area (Å²) >= 11 is 0. The van der Waals surface area contributed by atoms with E-state index in [-0.39, 0.29) is 12.5 Å². The number of allylic oxidation sites excluding steroid dienone is 3. The molecule has 1 saturated heterocycles. The van der Waals surface area contributed by atoms with E-state index in [1.165, 1.54) is 231 Å². The maximum Gasteiger partial charge on any atom is 0.220 e. The van der Waals surface area contributed by atoms with Crippen LogP contribution >= 0.6 is 0 Å². The summed E-state index contributed by atoms with van der Waals surface area (Å²) in [5.41, 5.74) is 0. The van der Waals surface area contributed by atoms with E-state index in [0.717, 1.165) is 38.5 Å². The second-order valence-electron chi connectivity index (χ2n) is 20.8. The van der Waals surface area contributed by atoms with Crippen LogP contribution in [0.5, 0.6) is 0 Å². The van der Waals surface area contributed by atoms with Crippen LogP contribution in [0.2, 0.25) is 0 Å². The molecule has 402 valence electrons. The second-order valence-corrected chi connectivity index (χ2v) is 20.8. The third-order valence-corrected chi connectivity index (χ3v) is 14.3. The summed E-state index contributed by atoms with van der Waals surface area (Å²) in [5, 5.41) is 54.5. The number of carbonyl (C=O) groups excluding carboxylic acids is 1. The Balaban J connectivity index is 2.23. The molecule has 0 aliphatic carbocycles. The molecule has 1 aliphatic rings. The molecular weight excluding hydrogens is 851 g/mol. The molecule has 1 rings (SSSR count). The number of amides is 1. The fourth-order valence-electron chi connectivity index (χ4n) is 9.59. The number of aliphatic hydroxyl groups excluding tert-OH is 5. The van der Waals surface area contributed by atoms with E-state index in [4.69, 9.17) is 9.47 Å². The van der Waals surface area contributed by atoms with E-state index in [0.29, 0.717) is 6.42 Å². The number of aliphatic hydroxyl groups is 5. The monoisotopic (exact) mass is 964 g/mol. The molecule has 9 heteroatoms. The topological polar surface area (TPSA) is 149 Å². The molecule has 1 heterocycles. The fourth-order valence-corrected chi connectivity index (χ4v) is 9.59. The molecule has 1 fully saturated rings. The highest BCUT2D eigenvalue weighted by Crippen LogP contribution is 2.23. The molecule has 6 N–H and O–H groups in total. The highest BCUT2D eigenvalue weighted by atomic mass is 16.7. The van der Waals surface area contributed by atoms with Crippen molar-refractivity contribution < 1.29 is 39.8 Å². The Morgan fingerprint density at radius 2 is 0.838 bits per heavy atom. The Bertz CT molecular complexity index is 1120. The van der Waals surface area contributed by atoms with E-state index in [1.807, 2.05) is 6.08 Å². The van der Waals surface area contributed by atoms with Crippen molar-refractivity contribution in [2.45, 2.75) is 333 Å². The number of nitrogens with one attached hydrogen (secondary N) is 1. The van der Waals surface area contributed by atoms with Crippen LogP contribution in [0, 0.1) is 0 Å². The summed E-state index contributed by atoms with van der Waals surface area (Å²) in [6.45, 7) is 3.81. The molecule has 0 aromatic carbocycles. The van der Waals surface area contributed by atoms with Crippen molar-refractivity contribution in [2.24, 2.45) is 0 Å². The molecule has 0 spiro atoms. The lowest BCUT2D eigenvalue weighted by Crippen LogP contribution is -2.60. The smallest absolute Gasteiger partial charge is 0.220 e. The van der Waals surface area contributed by atoms with Crippen LogP contribution in [-0.2, 0) is 14.3 Å². The maximum atomic E-state index is 13.1. The molecule has 0 radical (unpaired) electrons.